The van der Waals surface area contributed by atoms with E-state index in [1.54, 1.807) is 0 Å². The molecule has 0 aromatic heterocycles. The summed E-state index contributed by atoms with van der Waals surface area (Å²) in [7, 11) is 0. The van der Waals surface area contributed by atoms with Crippen molar-refractivity contribution in [3.63, 3.8) is 0 Å². The van der Waals surface area contributed by atoms with Crippen molar-refractivity contribution in [3.8, 4) is 6.07 Å². The summed E-state index contributed by atoms with van der Waals surface area (Å²) < 4.78 is 0. The lowest BCUT2D eigenvalue weighted by atomic mass is 9.98. The van der Waals surface area contributed by atoms with Crippen LogP contribution in [0.3, 0.4) is 0 Å². The van der Waals surface area contributed by atoms with E-state index in [0.717, 1.165) is 17.5 Å². The summed E-state index contributed by atoms with van der Waals surface area (Å²) in [5, 5.41) is 8.80. The van der Waals surface area contributed by atoms with Crippen LogP contribution in [-0.2, 0) is 6.42 Å². The minimum atomic E-state index is 0.146. The van der Waals surface area contributed by atoms with Crippen LogP contribution in [0, 0.1) is 18.3 Å². The zero-order chi connectivity index (χ0) is 9.84. The summed E-state index contributed by atoms with van der Waals surface area (Å²) in [4.78, 5) is 0. The Bertz CT molecular complexity index is 334. The Labute approximate surface area is 79.0 Å². The molecule has 0 bridgehead atoms. The van der Waals surface area contributed by atoms with E-state index in [1.807, 2.05) is 32.0 Å². The Kier molecular flexibility index (Phi) is 3.05. The first-order valence-electron chi connectivity index (χ1n) is 4.39. The number of nitrogens with two attached hydrogens (primary N) is 1. The van der Waals surface area contributed by atoms with Gasteiger partial charge in [0.1, 0.15) is 0 Å². The van der Waals surface area contributed by atoms with E-state index in [4.69, 9.17) is 11.0 Å². The van der Waals surface area contributed by atoms with Crippen LogP contribution < -0.4 is 5.73 Å². The summed E-state index contributed by atoms with van der Waals surface area (Å²) in [6.45, 7) is 3.94. The molecule has 0 aliphatic carbocycles. The van der Waals surface area contributed by atoms with Crippen LogP contribution in [0.5, 0.6) is 0 Å². The first kappa shape index (κ1) is 9.76. The third-order valence-electron chi connectivity index (χ3n) is 2.11. The van der Waals surface area contributed by atoms with Crippen LogP contribution in [0.25, 0.3) is 0 Å². The van der Waals surface area contributed by atoms with Gasteiger partial charge in [0, 0.05) is 6.04 Å². The average molecular weight is 174 g/mol. The third-order valence-corrected chi connectivity index (χ3v) is 2.11. The third kappa shape index (κ3) is 2.30. The molecule has 2 N–H and O–H groups in total. The van der Waals surface area contributed by atoms with Gasteiger partial charge in [0.05, 0.1) is 11.6 Å². The van der Waals surface area contributed by atoms with E-state index in [1.165, 1.54) is 5.56 Å². The molecule has 1 atom stereocenters. The zero-order valence-electron chi connectivity index (χ0n) is 8.04. The highest BCUT2D eigenvalue weighted by Gasteiger charge is 2.04. The minimum absolute atomic E-state index is 0.146. The van der Waals surface area contributed by atoms with Crippen molar-refractivity contribution in [2.75, 3.05) is 0 Å². The maximum absolute atomic E-state index is 8.80. The Morgan fingerprint density at radius 1 is 1.54 bits per heavy atom. The molecule has 0 heterocycles. The minimum Gasteiger partial charge on any atom is -0.328 e. The number of nitriles is 1. The monoisotopic (exact) mass is 174 g/mol. The molecule has 2 nitrogen and oxygen atoms in total. The van der Waals surface area contributed by atoms with E-state index < -0.39 is 0 Å². The van der Waals surface area contributed by atoms with Gasteiger partial charge in [0.25, 0.3) is 0 Å². The molecule has 1 rings (SSSR count). The molecule has 0 saturated carbocycles. The molecule has 0 fully saturated rings. The molecule has 0 radical (unpaired) electrons. The van der Waals surface area contributed by atoms with E-state index >= 15 is 0 Å². The summed E-state index contributed by atoms with van der Waals surface area (Å²) in [6, 6.07) is 8.08. The normalized spacial score (nSPS) is 12.2. The molecule has 2 heteroatoms. The summed E-state index contributed by atoms with van der Waals surface area (Å²) >= 11 is 0. The number of benzene rings is 1. The van der Waals surface area contributed by atoms with Crippen molar-refractivity contribution in [1.82, 2.24) is 0 Å². The Balaban J connectivity index is 3.03. The van der Waals surface area contributed by atoms with E-state index in [2.05, 4.69) is 6.07 Å². The first-order chi connectivity index (χ1) is 6.15. The molecule has 1 aromatic rings. The first-order valence-corrected chi connectivity index (χ1v) is 4.39. The number of rotatable bonds is 2. The van der Waals surface area contributed by atoms with Crippen molar-refractivity contribution < 1.29 is 0 Å². The predicted octanol–water partition coefficient (Wildman–Crippen LogP) is 1.76. The van der Waals surface area contributed by atoms with Gasteiger partial charge in [-0.05, 0) is 37.5 Å². The summed E-state index contributed by atoms with van der Waals surface area (Å²) in [5.41, 5.74) is 8.68. The van der Waals surface area contributed by atoms with Crippen molar-refractivity contribution in [3.05, 3.63) is 34.9 Å². The van der Waals surface area contributed by atoms with Crippen LogP contribution in [0.1, 0.15) is 23.6 Å². The molecule has 0 aliphatic rings. The molecule has 0 amide bonds. The second-order valence-electron chi connectivity index (χ2n) is 3.38. The molecular formula is C11H14N2. The highest BCUT2D eigenvalue weighted by Crippen LogP contribution is 2.13. The SMILES string of the molecule is Cc1c(C#N)cccc1C[C@@H](C)N. The molecular weight excluding hydrogens is 160 g/mol. The molecule has 13 heavy (non-hydrogen) atoms. The molecule has 0 unspecified atom stereocenters. The zero-order valence-corrected chi connectivity index (χ0v) is 8.04. The van der Waals surface area contributed by atoms with Crippen LogP contribution >= 0.6 is 0 Å². The fourth-order valence-electron chi connectivity index (χ4n) is 1.37. The molecule has 0 spiro atoms. The van der Waals surface area contributed by atoms with Crippen molar-refractivity contribution in [2.24, 2.45) is 5.73 Å². The van der Waals surface area contributed by atoms with Gasteiger partial charge in [-0.1, -0.05) is 12.1 Å². The fraction of sp³-hybridized carbons (Fsp3) is 0.364. The van der Waals surface area contributed by atoms with E-state index in [-0.39, 0.29) is 6.04 Å². The molecule has 68 valence electrons. The molecule has 0 saturated heterocycles. The smallest absolute Gasteiger partial charge is 0.0994 e. The van der Waals surface area contributed by atoms with Crippen LogP contribution in [-0.4, -0.2) is 6.04 Å². The largest absolute Gasteiger partial charge is 0.328 e. The number of nitrogens with zero attached hydrogens (tertiary/aromatic N) is 1. The fourth-order valence-corrected chi connectivity index (χ4v) is 1.37. The van der Waals surface area contributed by atoms with Gasteiger partial charge < -0.3 is 5.73 Å². The standard InChI is InChI=1S/C11H14N2/c1-8(13)6-10-4-3-5-11(7-12)9(10)2/h3-5,8H,6,13H2,1-2H3/t8-/m1/s1. The van der Waals surface area contributed by atoms with Gasteiger partial charge in [0.15, 0.2) is 0 Å². The van der Waals surface area contributed by atoms with Gasteiger partial charge in [-0.15, -0.1) is 0 Å². The van der Waals surface area contributed by atoms with Gasteiger partial charge in [-0.3, -0.25) is 0 Å². The maximum Gasteiger partial charge on any atom is 0.0994 e. The Morgan fingerprint density at radius 3 is 2.77 bits per heavy atom. The van der Waals surface area contributed by atoms with E-state index in [0.29, 0.717) is 0 Å². The highest BCUT2D eigenvalue weighted by atomic mass is 14.6. The van der Waals surface area contributed by atoms with Crippen molar-refractivity contribution >= 4 is 0 Å². The van der Waals surface area contributed by atoms with Gasteiger partial charge >= 0.3 is 0 Å². The van der Waals surface area contributed by atoms with Gasteiger partial charge in [-0.2, -0.15) is 5.26 Å². The van der Waals surface area contributed by atoms with Crippen LogP contribution in [0.15, 0.2) is 18.2 Å². The highest BCUT2D eigenvalue weighted by molar-refractivity contribution is 5.42. The second kappa shape index (κ2) is 4.06. The lowest BCUT2D eigenvalue weighted by molar-refractivity contribution is 0.734. The topological polar surface area (TPSA) is 49.8 Å². The van der Waals surface area contributed by atoms with Crippen LogP contribution in [0.4, 0.5) is 0 Å². The maximum atomic E-state index is 8.80. The van der Waals surface area contributed by atoms with Gasteiger partial charge in [-0.25, -0.2) is 0 Å². The quantitative estimate of drug-likeness (QED) is 0.742. The average Bonchev–Trinajstić information content (AvgIpc) is 2.08. The lowest BCUT2D eigenvalue weighted by Crippen LogP contribution is -2.18. The number of hydrogen-bond donors (Lipinski definition) is 1. The second-order valence-corrected chi connectivity index (χ2v) is 3.38. The van der Waals surface area contributed by atoms with Crippen molar-refractivity contribution in [2.45, 2.75) is 26.3 Å². The summed E-state index contributed by atoms with van der Waals surface area (Å²) in [5.74, 6) is 0. The molecule has 0 aliphatic heterocycles. The van der Waals surface area contributed by atoms with Crippen molar-refractivity contribution in [1.29, 1.82) is 5.26 Å². The Hall–Kier alpha value is -1.33. The molecule has 1 aromatic carbocycles. The van der Waals surface area contributed by atoms with Crippen LogP contribution in [0.2, 0.25) is 0 Å². The van der Waals surface area contributed by atoms with Gasteiger partial charge in [0.2, 0.25) is 0 Å². The predicted molar refractivity (Wildman–Crippen MR) is 53.2 cm³/mol. The summed E-state index contributed by atoms with van der Waals surface area (Å²) in [6.07, 6.45) is 0.835. The Morgan fingerprint density at radius 2 is 2.23 bits per heavy atom. The number of hydrogen-bond acceptors (Lipinski definition) is 2. The lowest BCUT2D eigenvalue weighted by Gasteiger charge is -2.09. The van der Waals surface area contributed by atoms with E-state index in [9.17, 15) is 0 Å².